The largest absolute Gasteiger partial charge is 0.493 e. The second-order valence-corrected chi connectivity index (χ2v) is 10.0. The number of carbonyl (C=O) groups excluding carboxylic acids is 1. The summed E-state index contributed by atoms with van der Waals surface area (Å²) >= 11 is 6.60. The molecule has 0 aliphatic heterocycles. The van der Waals surface area contributed by atoms with Gasteiger partial charge < -0.3 is 19.4 Å². The Morgan fingerprint density at radius 2 is 1.78 bits per heavy atom. The van der Waals surface area contributed by atoms with Crippen LogP contribution in [0.3, 0.4) is 0 Å². The highest BCUT2D eigenvalue weighted by atomic mass is 35.5. The molecule has 1 amide bonds. The van der Waals surface area contributed by atoms with Gasteiger partial charge in [0.15, 0.2) is 11.5 Å². The molecule has 0 spiro atoms. The number of amides is 1. The van der Waals surface area contributed by atoms with Crippen molar-refractivity contribution in [1.29, 1.82) is 0 Å². The van der Waals surface area contributed by atoms with Crippen LogP contribution in [0.5, 0.6) is 11.5 Å². The Hall–Kier alpha value is -3.51. The number of aryl methyl sites for hydroxylation is 1. The van der Waals surface area contributed by atoms with Crippen molar-refractivity contribution in [3.05, 3.63) is 87.7 Å². The summed E-state index contributed by atoms with van der Waals surface area (Å²) in [5, 5.41) is 0.242. The van der Waals surface area contributed by atoms with E-state index >= 15 is 0 Å². The van der Waals surface area contributed by atoms with Crippen LogP contribution in [-0.4, -0.2) is 41.5 Å². The van der Waals surface area contributed by atoms with Gasteiger partial charge in [0.25, 0.3) is 5.91 Å². The fourth-order valence-electron chi connectivity index (χ4n) is 4.45. The minimum Gasteiger partial charge on any atom is -0.493 e. The van der Waals surface area contributed by atoms with Crippen molar-refractivity contribution in [2.75, 3.05) is 20.8 Å². The van der Waals surface area contributed by atoms with E-state index in [1.54, 1.807) is 24.1 Å². The monoisotopic (exact) mass is 519 g/mol. The number of hydrogen-bond donors (Lipinski definition) is 1. The Labute approximate surface area is 223 Å². The number of methoxy groups -OCH3 is 2. The van der Waals surface area contributed by atoms with Gasteiger partial charge in [-0.15, -0.1) is 0 Å². The second-order valence-electron chi connectivity index (χ2n) is 9.67. The molecule has 4 rings (SSSR count). The van der Waals surface area contributed by atoms with Gasteiger partial charge in [-0.1, -0.05) is 61.8 Å². The molecule has 7 heteroatoms. The minimum absolute atomic E-state index is 0.174. The van der Waals surface area contributed by atoms with E-state index in [1.807, 2.05) is 12.1 Å². The molecule has 0 atom stereocenters. The molecule has 0 aliphatic rings. The lowest BCUT2D eigenvalue weighted by atomic mass is 10.00. The van der Waals surface area contributed by atoms with Gasteiger partial charge in [-0.25, -0.2) is 4.98 Å². The summed E-state index contributed by atoms with van der Waals surface area (Å²) in [6, 6.07) is 18.0. The maximum atomic E-state index is 13.7. The first-order valence-corrected chi connectivity index (χ1v) is 12.9. The van der Waals surface area contributed by atoms with E-state index in [1.165, 1.54) is 18.2 Å². The highest BCUT2D eigenvalue weighted by Gasteiger charge is 2.24. The number of fused-ring (bicyclic) bond motifs is 1. The number of para-hydroxylation sites is 1. The quantitative estimate of drug-likeness (QED) is 0.249. The summed E-state index contributed by atoms with van der Waals surface area (Å²) in [6.45, 7) is 7.34. The molecular weight excluding hydrogens is 486 g/mol. The number of hydrogen-bond acceptors (Lipinski definition) is 4. The lowest BCUT2D eigenvalue weighted by molar-refractivity contribution is 0.0731. The van der Waals surface area contributed by atoms with E-state index in [-0.39, 0.29) is 10.9 Å². The molecule has 4 aromatic rings. The minimum atomic E-state index is -0.174. The van der Waals surface area contributed by atoms with Crippen LogP contribution in [0.25, 0.3) is 11.0 Å². The average Bonchev–Trinajstić information content (AvgIpc) is 3.30. The molecule has 6 nitrogen and oxygen atoms in total. The van der Waals surface area contributed by atoms with Gasteiger partial charge in [-0.3, -0.25) is 4.79 Å². The predicted octanol–water partition coefficient (Wildman–Crippen LogP) is 6.82. The van der Waals surface area contributed by atoms with Gasteiger partial charge in [-0.2, -0.15) is 0 Å². The Morgan fingerprint density at radius 3 is 2.49 bits per heavy atom. The lowest BCUT2D eigenvalue weighted by Crippen LogP contribution is -2.33. The molecule has 0 saturated carbocycles. The number of nitrogens with one attached hydrogen (secondary N) is 1. The number of halogens is 1. The number of rotatable bonds is 10. The van der Waals surface area contributed by atoms with Crippen LogP contribution in [0.15, 0.2) is 54.6 Å². The zero-order valence-corrected chi connectivity index (χ0v) is 22.9. The van der Waals surface area contributed by atoms with Crippen molar-refractivity contribution < 1.29 is 14.3 Å². The summed E-state index contributed by atoms with van der Waals surface area (Å²) < 4.78 is 10.8. The zero-order chi connectivity index (χ0) is 26.5. The van der Waals surface area contributed by atoms with E-state index in [0.717, 1.165) is 35.3 Å². The molecule has 194 valence electrons. The molecule has 0 radical (unpaired) electrons. The van der Waals surface area contributed by atoms with E-state index < -0.39 is 0 Å². The molecule has 0 bridgehead atoms. The second kappa shape index (κ2) is 11.7. The van der Waals surface area contributed by atoms with Crippen LogP contribution < -0.4 is 9.47 Å². The molecule has 0 unspecified atom stereocenters. The van der Waals surface area contributed by atoms with Crippen LogP contribution in [0, 0.1) is 12.8 Å². The van der Waals surface area contributed by atoms with E-state index in [9.17, 15) is 4.79 Å². The van der Waals surface area contributed by atoms with Gasteiger partial charge in [-0.05, 0) is 60.6 Å². The zero-order valence-electron chi connectivity index (χ0n) is 22.1. The summed E-state index contributed by atoms with van der Waals surface area (Å²) in [4.78, 5) is 23.9. The smallest absolute Gasteiger partial charge is 0.255 e. The molecule has 0 saturated heterocycles. The molecule has 1 aromatic heterocycles. The van der Waals surface area contributed by atoms with E-state index in [0.29, 0.717) is 36.1 Å². The Bertz CT molecular complexity index is 1400. The summed E-state index contributed by atoms with van der Waals surface area (Å²) in [5.74, 6) is 1.83. The number of aromatic nitrogens is 2. The molecule has 3 aromatic carbocycles. The predicted molar refractivity (Wildman–Crippen MR) is 149 cm³/mol. The highest BCUT2D eigenvalue weighted by Crippen LogP contribution is 2.38. The third kappa shape index (κ3) is 5.91. The maximum Gasteiger partial charge on any atom is 0.255 e. The van der Waals surface area contributed by atoms with Crippen molar-refractivity contribution in [3.63, 3.8) is 0 Å². The van der Waals surface area contributed by atoms with Crippen molar-refractivity contribution in [2.45, 2.75) is 40.2 Å². The number of aromatic amines is 1. The summed E-state index contributed by atoms with van der Waals surface area (Å²) in [7, 11) is 3.05. The molecule has 0 fully saturated rings. The molecule has 1 N–H and O–H groups in total. The first-order chi connectivity index (χ1) is 17.8. The molecular formula is C30H34ClN3O3. The van der Waals surface area contributed by atoms with Gasteiger partial charge in [0.1, 0.15) is 5.82 Å². The Kier molecular flexibility index (Phi) is 8.39. The van der Waals surface area contributed by atoms with E-state index in [4.69, 9.17) is 26.1 Å². The van der Waals surface area contributed by atoms with Gasteiger partial charge in [0.2, 0.25) is 0 Å². The Balaban J connectivity index is 1.65. The average molecular weight is 520 g/mol. The van der Waals surface area contributed by atoms with Crippen LogP contribution >= 0.6 is 11.6 Å². The first-order valence-electron chi connectivity index (χ1n) is 12.5. The lowest BCUT2D eigenvalue weighted by Gasteiger charge is -2.24. The topological polar surface area (TPSA) is 67.5 Å². The van der Waals surface area contributed by atoms with Gasteiger partial charge >= 0.3 is 0 Å². The fourth-order valence-corrected chi connectivity index (χ4v) is 4.76. The van der Waals surface area contributed by atoms with Crippen molar-refractivity contribution in [1.82, 2.24) is 14.9 Å². The van der Waals surface area contributed by atoms with Gasteiger partial charge in [0.05, 0.1) is 42.4 Å². The SMILES string of the molecule is COc1ccc(C(=O)N(CCC(C)C)Cc2nc3c(Cc4ccccc4C)cccc3[nH]2)c(Cl)c1OC. The van der Waals surface area contributed by atoms with Crippen molar-refractivity contribution >= 4 is 28.5 Å². The highest BCUT2D eigenvalue weighted by molar-refractivity contribution is 6.35. The van der Waals surface area contributed by atoms with E-state index in [2.05, 4.69) is 56.1 Å². The standard InChI is InChI=1S/C30H34ClN3O3/c1-19(2)15-16-34(30(35)23-13-14-25(36-4)29(37-5)27(23)31)18-26-32-24-12-8-11-22(28(24)33-26)17-21-10-7-6-9-20(21)3/h6-14,19H,15-18H2,1-5H3,(H,32,33). The summed E-state index contributed by atoms with van der Waals surface area (Å²) in [5.41, 5.74) is 5.95. The van der Waals surface area contributed by atoms with Crippen molar-refractivity contribution in [3.8, 4) is 11.5 Å². The fraction of sp³-hybridized carbons (Fsp3) is 0.333. The van der Waals surface area contributed by atoms with Crippen molar-refractivity contribution in [2.24, 2.45) is 5.92 Å². The number of ether oxygens (including phenoxy) is 2. The number of imidazole rings is 1. The van der Waals surface area contributed by atoms with Crippen LogP contribution in [0.4, 0.5) is 0 Å². The number of carbonyl (C=O) groups is 1. The molecule has 1 heterocycles. The molecule has 37 heavy (non-hydrogen) atoms. The van der Waals surface area contributed by atoms with Crippen LogP contribution in [-0.2, 0) is 13.0 Å². The third-order valence-electron chi connectivity index (χ3n) is 6.61. The Morgan fingerprint density at radius 1 is 1.03 bits per heavy atom. The summed E-state index contributed by atoms with van der Waals surface area (Å²) in [6.07, 6.45) is 1.65. The van der Waals surface area contributed by atoms with Crippen LogP contribution in [0.2, 0.25) is 5.02 Å². The van der Waals surface area contributed by atoms with Crippen LogP contribution in [0.1, 0.15) is 53.1 Å². The number of benzene rings is 3. The number of H-pyrrole nitrogens is 1. The third-order valence-corrected chi connectivity index (χ3v) is 6.98. The molecule has 0 aliphatic carbocycles. The van der Waals surface area contributed by atoms with Gasteiger partial charge in [0, 0.05) is 6.54 Å². The maximum absolute atomic E-state index is 13.7. The first kappa shape index (κ1) is 26.6. The number of nitrogens with zero attached hydrogens (tertiary/aromatic N) is 2. The normalized spacial score (nSPS) is 11.2.